The van der Waals surface area contributed by atoms with Crippen molar-refractivity contribution in [3.8, 4) is 17.1 Å². The van der Waals surface area contributed by atoms with Crippen molar-refractivity contribution in [2.45, 2.75) is 51.3 Å². The minimum atomic E-state index is -0.420. The molecular formula is C26H29ClFN3O2S. The van der Waals surface area contributed by atoms with Crippen molar-refractivity contribution in [3.63, 3.8) is 0 Å². The molecular weight excluding hydrogens is 473 g/mol. The van der Waals surface area contributed by atoms with Crippen molar-refractivity contribution in [1.29, 1.82) is 0 Å². The second-order valence-electron chi connectivity index (χ2n) is 9.22. The molecule has 0 aliphatic heterocycles. The van der Waals surface area contributed by atoms with Crippen LogP contribution in [0.15, 0.2) is 53.7 Å². The molecule has 4 rings (SSSR count). The zero-order chi connectivity index (χ0) is 24.2. The lowest BCUT2D eigenvalue weighted by atomic mass is 9.75. The van der Waals surface area contributed by atoms with Gasteiger partial charge in [-0.2, -0.15) is 0 Å². The van der Waals surface area contributed by atoms with Crippen molar-refractivity contribution >= 4 is 29.3 Å². The standard InChI is InChI=1S/C26H29ClFN3O2S/c1-16(2)18-13-12-17(3)14-23(18)33-24(32)15-34-26-30-29-25(19-8-4-5-9-20(19)27)31(26)22-11-7-6-10-21(22)28/h4-11,16-18,23H,12-15H2,1-3H3/t17-,18+,23-/m1/s1. The number of rotatable bonds is 7. The molecule has 1 aliphatic carbocycles. The third-order valence-electron chi connectivity index (χ3n) is 6.40. The van der Waals surface area contributed by atoms with E-state index in [1.54, 1.807) is 28.8 Å². The summed E-state index contributed by atoms with van der Waals surface area (Å²) in [6.45, 7) is 6.58. The third kappa shape index (κ3) is 5.47. The Labute approximate surface area is 209 Å². The monoisotopic (exact) mass is 501 g/mol. The lowest BCUT2D eigenvalue weighted by Crippen LogP contribution is -2.36. The predicted molar refractivity (Wildman–Crippen MR) is 134 cm³/mol. The summed E-state index contributed by atoms with van der Waals surface area (Å²) in [5, 5.41) is 9.44. The lowest BCUT2D eigenvalue weighted by Gasteiger charge is -2.36. The first-order valence-electron chi connectivity index (χ1n) is 11.6. The van der Waals surface area contributed by atoms with Gasteiger partial charge in [0.1, 0.15) is 11.9 Å². The number of benzene rings is 2. The number of nitrogens with zero attached hydrogens (tertiary/aromatic N) is 3. The first kappa shape index (κ1) is 24.7. The molecule has 3 atom stereocenters. The van der Waals surface area contributed by atoms with Gasteiger partial charge in [0, 0.05) is 5.56 Å². The second-order valence-corrected chi connectivity index (χ2v) is 10.6. The highest BCUT2D eigenvalue weighted by Crippen LogP contribution is 2.36. The van der Waals surface area contributed by atoms with Crippen LogP contribution >= 0.6 is 23.4 Å². The van der Waals surface area contributed by atoms with E-state index in [2.05, 4.69) is 31.0 Å². The Balaban J connectivity index is 1.57. The first-order chi connectivity index (χ1) is 16.3. The van der Waals surface area contributed by atoms with E-state index in [1.165, 1.54) is 24.2 Å². The first-order valence-corrected chi connectivity index (χ1v) is 13.0. The molecule has 0 saturated heterocycles. The molecule has 0 unspecified atom stereocenters. The van der Waals surface area contributed by atoms with Gasteiger partial charge in [0.05, 0.1) is 16.5 Å². The molecule has 1 fully saturated rings. The molecule has 1 saturated carbocycles. The van der Waals surface area contributed by atoms with Crippen molar-refractivity contribution in [1.82, 2.24) is 14.8 Å². The molecule has 8 heteroatoms. The molecule has 180 valence electrons. The summed E-state index contributed by atoms with van der Waals surface area (Å²) in [4.78, 5) is 12.8. The average molecular weight is 502 g/mol. The van der Waals surface area contributed by atoms with Gasteiger partial charge in [0.25, 0.3) is 0 Å². The summed E-state index contributed by atoms with van der Waals surface area (Å²) in [5.41, 5.74) is 0.921. The molecule has 3 aromatic rings. The SMILES string of the molecule is CC(C)[C@@H]1CC[C@@H](C)C[C@H]1OC(=O)CSc1nnc(-c2ccccc2Cl)n1-c1ccccc1F. The van der Waals surface area contributed by atoms with Crippen LogP contribution in [0.4, 0.5) is 4.39 Å². The van der Waals surface area contributed by atoms with Crippen molar-refractivity contribution < 1.29 is 13.9 Å². The van der Waals surface area contributed by atoms with Crippen molar-refractivity contribution in [2.75, 3.05) is 5.75 Å². The van der Waals surface area contributed by atoms with E-state index in [-0.39, 0.29) is 17.8 Å². The number of hydrogen-bond acceptors (Lipinski definition) is 5. The molecule has 0 bridgehead atoms. The maximum atomic E-state index is 14.8. The van der Waals surface area contributed by atoms with Crippen molar-refractivity contribution in [3.05, 3.63) is 59.4 Å². The number of ether oxygens (including phenoxy) is 1. The van der Waals surface area contributed by atoms with Gasteiger partial charge in [-0.15, -0.1) is 10.2 Å². The smallest absolute Gasteiger partial charge is 0.316 e. The summed E-state index contributed by atoms with van der Waals surface area (Å²) < 4.78 is 22.3. The van der Waals surface area contributed by atoms with Crippen LogP contribution in [-0.4, -0.2) is 32.6 Å². The second kappa shape index (κ2) is 10.9. The molecule has 0 spiro atoms. The number of carbonyl (C=O) groups excluding carboxylic acids is 1. The van der Waals surface area contributed by atoms with Crippen LogP contribution in [-0.2, 0) is 9.53 Å². The predicted octanol–water partition coefficient (Wildman–Crippen LogP) is 6.82. The Bertz CT molecular complexity index is 1150. The zero-order valence-electron chi connectivity index (χ0n) is 19.6. The van der Waals surface area contributed by atoms with Crippen LogP contribution in [0.2, 0.25) is 5.02 Å². The molecule has 2 aromatic carbocycles. The Kier molecular flexibility index (Phi) is 7.94. The third-order valence-corrected chi connectivity index (χ3v) is 7.64. The zero-order valence-corrected chi connectivity index (χ0v) is 21.2. The molecule has 1 heterocycles. The maximum Gasteiger partial charge on any atom is 0.316 e. The Hall–Kier alpha value is -2.38. The number of hydrogen-bond donors (Lipinski definition) is 0. The minimum Gasteiger partial charge on any atom is -0.461 e. The topological polar surface area (TPSA) is 57.0 Å². The fourth-order valence-electron chi connectivity index (χ4n) is 4.61. The van der Waals surface area contributed by atoms with E-state index in [4.69, 9.17) is 16.3 Å². The Morgan fingerprint density at radius 1 is 1.18 bits per heavy atom. The minimum absolute atomic E-state index is 0.0603. The molecule has 0 N–H and O–H groups in total. The van der Waals surface area contributed by atoms with E-state index >= 15 is 0 Å². The summed E-state index contributed by atoms with van der Waals surface area (Å²) in [6.07, 6.45) is 3.07. The highest BCUT2D eigenvalue weighted by Gasteiger charge is 2.33. The van der Waals surface area contributed by atoms with Gasteiger partial charge in [-0.1, -0.05) is 74.8 Å². The van der Waals surface area contributed by atoms with Crippen LogP contribution in [0.1, 0.15) is 40.0 Å². The van der Waals surface area contributed by atoms with E-state index in [0.29, 0.717) is 45.0 Å². The maximum absolute atomic E-state index is 14.8. The number of carbonyl (C=O) groups is 1. The Morgan fingerprint density at radius 3 is 2.65 bits per heavy atom. The van der Waals surface area contributed by atoms with Gasteiger partial charge in [-0.3, -0.25) is 9.36 Å². The molecule has 34 heavy (non-hydrogen) atoms. The summed E-state index contributed by atoms with van der Waals surface area (Å²) in [6, 6.07) is 13.6. The highest BCUT2D eigenvalue weighted by atomic mass is 35.5. The fraction of sp³-hybridized carbons (Fsp3) is 0.423. The number of aromatic nitrogens is 3. The van der Waals surface area contributed by atoms with Gasteiger partial charge in [-0.25, -0.2) is 4.39 Å². The normalized spacial score (nSPS) is 20.5. The van der Waals surface area contributed by atoms with E-state index in [1.807, 2.05) is 18.2 Å². The molecule has 5 nitrogen and oxygen atoms in total. The molecule has 1 aliphatic rings. The highest BCUT2D eigenvalue weighted by molar-refractivity contribution is 7.99. The largest absolute Gasteiger partial charge is 0.461 e. The van der Waals surface area contributed by atoms with E-state index in [0.717, 1.165) is 12.8 Å². The van der Waals surface area contributed by atoms with Crippen LogP contribution in [0.3, 0.4) is 0 Å². The van der Waals surface area contributed by atoms with Gasteiger partial charge in [-0.05, 0) is 54.9 Å². The lowest BCUT2D eigenvalue weighted by molar-refractivity contribution is -0.152. The van der Waals surface area contributed by atoms with Crippen LogP contribution in [0.25, 0.3) is 17.1 Å². The quantitative estimate of drug-likeness (QED) is 0.262. The molecule has 1 aromatic heterocycles. The number of esters is 1. The van der Waals surface area contributed by atoms with Gasteiger partial charge in [0.2, 0.25) is 0 Å². The van der Waals surface area contributed by atoms with Gasteiger partial charge >= 0.3 is 5.97 Å². The van der Waals surface area contributed by atoms with Crippen LogP contribution < -0.4 is 0 Å². The molecule has 0 radical (unpaired) electrons. The fourth-order valence-corrected chi connectivity index (χ4v) is 5.55. The van der Waals surface area contributed by atoms with E-state index in [9.17, 15) is 9.18 Å². The van der Waals surface area contributed by atoms with Crippen LogP contribution in [0.5, 0.6) is 0 Å². The van der Waals surface area contributed by atoms with Crippen molar-refractivity contribution in [2.24, 2.45) is 17.8 Å². The Morgan fingerprint density at radius 2 is 1.91 bits per heavy atom. The van der Waals surface area contributed by atoms with Crippen LogP contribution in [0, 0.1) is 23.6 Å². The average Bonchev–Trinajstić information content (AvgIpc) is 3.21. The number of thioether (sulfide) groups is 1. The summed E-state index contributed by atoms with van der Waals surface area (Å²) >= 11 is 7.58. The number of para-hydroxylation sites is 1. The van der Waals surface area contributed by atoms with Gasteiger partial charge in [0.15, 0.2) is 11.0 Å². The number of halogens is 2. The summed E-state index contributed by atoms with van der Waals surface area (Å²) in [5.74, 6) is 1.13. The molecule has 0 amide bonds. The van der Waals surface area contributed by atoms with Gasteiger partial charge < -0.3 is 4.74 Å². The van der Waals surface area contributed by atoms with E-state index < -0.39 is 5.82 Å². The summed E-state index contributed by atoms with van der Waals surface area (Å²) in [7, 11) is 0.